The fourth-order valence-electron chi connectivity index (χ4n) is 3.72. The van der Waals surface area contributed by atoms with E-state index in [4.69, 9.17) is 4.74 Å². The Bertz CT molecular complexity index is 1260. The van der Waals surface area contributed by atoms with Gasteiger partial charge in [-0.1, -0.05) is 12.1 Å². The zero-order valence-corrected chi connectivity index (χ0v) is 19.1. The summed E-state index contributed by atoms with van der Waals surface area (Å²) in [4.78, 5) is 1.82. The van der Waals surface area contributed by atoms with Gasteiger partial charge in [-0.15, -0.1) is 0 Å². The van der Waals surface area contributed by atoms with Crippen LogP contribution in [0.15, 0.2) is 72.8 Å². The molecule has 0 spiro atoms. The van der Waals surface area contributed by atoms with Gasteiger partial charge >= 0.3 is 0 Å². The van der Waals surface area contributed by atoms with E-state index in [1.54, 1.807) is 24.3 Å². The molecular formula is C28H27NO4. The fraction of sp³-hybridized carbons (Fsp3) is 0.143. The van der Waals surface area contributed by atoms with Gasteiger partial charge in [0.1, 0.15) is 28.7 Å². The molecule has 0 heterocycles. The highest BCUT2D eigenvalue weighted by Gasteiger charge is 2.20. The Balaban J connectivity index is 1.76. The van der Waals surface area contributed by atoms with Gasteiger partial charge in [-0.05, 0) is 111 Å². The maximum absolute atomic E-state index is 10.6. The van der Waals surface area contributed by atoms with E-state index in [0.717, 1.165) is 27.9 Å². The third-order valence-corrected chi connectivity index (χ3v) is 5.78. The molecule has 0 bridgehead atoms. The van der Waals surface area contributed by atoms with Gasteiger partial charge in [0.15, 0.2) is 0 Å². The number of phenols is 3. The van der Waals surface area contributed by atoms with Crippen LogP contribution in [-0.4, -0.2) is 15.3 Å². The van der Waals surface area contributed by atoms with Gasteiger partial charge in [-0.2, -0.15) is 0 Å². The normalized spacial score (nSPS) is 10.8. The highest BCUT2D eigenvalue weighted by molar-refractivity contribution is 5.83. The summed E-state index contributed by atoms with van der Waals surface area (Å²) < 4.78 is 6.05. The highest BCUT2D eigenvalue weighted by atomic mass is 16.5. The minimum Gasteiger partial charge on any atom is -0.508 e. The highest BCUT2D eigenvalue weighted by Crippen LogP contribution is 2.44. The number of nitrogens with zero attached hydrogens (tertiary/aromatic N) is 1. The summed E-state index contributed by atoms with van der Waals surface area (Å²) in [6.45, 7) is 7.66. The van der Waals surface area contributed by atoms with Gasteiger partial charge in [0, 0.05) is 5.69 Å². The molecule has 5 heteroatoms. The molecule has 168 valence electrons. The number of anilines is 3. The van der Waals surface area contributed by atoms with Gasteiger partial charge in [-0.25, -0.2) is 0 Å². The van der Waals surface area contributed by atoms with E-state index < -0.39 is 0 Å². The second-order valence-corrected chi connectivity index (χ2v) is 8.25. The van der Waals surface area contributed by atoms with Crippen molar-refractivity contribution in [2.75, 3.05) is 4.90 Å². The van der Waals surface area contributed by atoms with Gasteiger partial charge in [0.25, 0.3) is 0 Å². The molecule has 0 aliphatic carbocycles. The number of hydrogen-bond donors (Lipinski definition) is 3. The van der Waals surface area contributed by atoms with Crippen molar-refractivity contribution < 1.29 is 20.1 Å². The lowest BCUT2D eigenvalue weighted by Gasteiger charge is -2.27. The lowest BCUT2D eigenvalue weighted by atomic mass is 10.1. The third-order valence-electron chi connectivity index (χ3n) is 5.78. The summed E-state index contributed by atoms with van der Waals surface area (Å²) in [6.07, 6.45) is 0. The van der Waals surface area contributed by atoms with Crippen LogP contribution in [0.1, 0.15) is 22.3 Å². The largest absolute Gasteiger partial charge is 0.508 e. The molecule has 0 saturated carbocycles. The topological polar surface area (TPSA) is 73.2 Å². The number of hydrogen-bond acceptors (Lipinski definition) is 5. The number of ether oxygens (including phenoxy) is 1. The van der Waals surface area contributed by atoms with E-state index in [2.05, 4.69) is 0 Å². The smallest absolute Gasteiger partial charge is 0.139 e. The second-order valence-electron chi connectivity index (χ2n) is 8.25. The summed E-state index contributed by atoms with van der Waals surface area (Å²) in [5.74, 6) is 1.76. The molecule has 0 unspecified atom stereocenters. The molecule has 0 fully saturated rings. The van der Waals surface area contributed by atoms with Crippen molar-refractivity contribution >= 4 is 17.1 Å². The Labute approximate surface area is 193 Å². The first-order chi connectivity index (χ1) is 15.7. The molecule has 33 heavy (non-hydrogen) atoms. The average Bonchev–Trinajstić information content (AvgIpc) is 2.80. The minimum absolute atomic E-state index is 0.108. The van der Waals surface area contributed by atoms with Crippen LogP contribution in [0.25, 0.3) is 0 Å². The third kappa shape index (κ3) is 4.44. The molecule has 5 nitrogen and oxygen atoms in total. The van der Waals surface area contributed by atoms with Crippen LogP contribution in [0.4, 0.5) is 17.1 Å². The molecule has 0 saturated heterocycles. The van der Waals surface area contributed by atoms with E-state index in [1.165, 1.54) is 0 Å². The van der Waals surface area contributed by atoms with Crippen LogP contribution >= 0.6 is 0 Å². The summed E-state index contributed by atoms with van der Waals surface area (Å²) in [6, 6.07) is 21.5. The molecule has 4 aromatic carbocycles. The molecule has 0 aromatic heterocycles. The molecule has 4 rings (SSSR count). The molecular weight excluding hydrogens is 414 g/mol. The first kappa shape index (κ1) is 22.1. The Kier molecular flexibility index (Phi) is 5.88. The summed E-state index contributed by atoms with van der Waals surface area (Å²) in [7, 11) is 0. The van der Waals surface area contributed by atoms with Crippen LogP contribution < -0.4 is 9.64 Å². The fourth-order valence-corrected chi connectivity index (χ4v) is 3.72. The Morgan fingerprint density at radius 3 is 1.64 bits per heavy atom. The lowest BCUT2D eigenvalue weighted by Crippen LogP contribution is -2.11. The Morgan fingerprint density at radius 2 is 1.09 bits per heavy atom. The van der Waals surface area contributed by atoms with E-state index in [-0.39, 0.29) is 17.2 Å². The molecule has 0 radical (unpaired) electrons. The van der Waals surface area contributed by atoms with Gasteiger partial charge in [0.2, 0.25) is 0 Å². The van der Waals surface area contributed by atoms with E-state index in [1.807, 2.05) is 81.1 Å². The monoisotopic (exact) mass is 441 g/mol. The van der Waals surface area contributed by atoms with E-state index in [0.29, 0.717) is 22.9 Å². The van der Waals surface area contributed by atoms with Crippen LogP contribution in [0, 0.1) is 27.7 Å². The van der Waals surface area contributed by atoms with Crippen molar-refractivity contribution in [2.24, 2.45) is 0 Å². The zero-order chi connectivity index (χ0) is 23.7. The van der Waals surface area contributed by atoms with Crippen molar-refractivity contribution in [1.82, 2.24) is 0 Å². The van der Waals surface area contributed by atoms with E-state index in [9.17, 15) is 15.3 Å². The molecule has 0 amide bonds. The van der Waals surface area contributed by atoms with E-state index >= 15 is 0 Å². The number of rotatable bonds is 5. The van der Waals surface area contributed by atoms with Crippen molar-refractivity contribution in [3.05, 3.63) is 95.1 Å². The molecule has 3 N–H and O–H groups in total. The van der Waals surface area contributed by atoms with Gasteiger partial charge in [0.05, 0.1) is 11.4 Å². The van der Waals surface area contributed by atoms with Crippen molar-refractivity contribution in [3.63, 3.8) is 0 Å². The standard InChI is InChI=1S/C28H27NO4/c1-17-5-11-26(31)23(15-17)29(24-16-18(2)6-12-27(24)32)21-7-9-22(10-8-21)33-28-14-13-25(30)19(3)20(28)4/h5-16,30-32H,1-4H3. The summed E-state index contributed by atoms with van der Waals surface area (Å²) in [5.41, 5.74) is 5.50. The number of aromatic hydroxyl groups is 3. The maximum Gasteiger partial charge on any atom is 0.139 e. The van der Waals surface area contributed by atoms with Crippen LogP contribution in [-0.2, 0) is 0 Å². The van der Waals surface area contributed by atoms with Crippen LogP contribution in [0.5, 0.6) is 28.7 Å². The van der Waals surface area contributed by atoms with Crippen LogP contribution in [0.2, 0.25) is 0 Å². The molecule has 0 atom stereocenters. The Hall–Kier alpha value is -4.12. The minimum atomic E-state index is 0.108. The second kappa shape index (κ2) is 8.79. The maximum atomic E-state index is 10.6. The SMILES string of the molecule is Cc1ccc(O)c(N(c2ccc(Oc3ccc(O)c(C)c3C)cc2)c2cc(C)ccc2O)c1. The number of benzene rings is 4. The van der Waals surface area contributed by atoms with Crippen LogP contribution in [0.3, 0.4) is 0 Å². The lowest BCUT2D eigenvalue weighted by molar-refractivity contribution is 0.457. The average molecular weight is 442 g/mol. The predicted molar refractivity (Wildman–Crippen MR) is 132 cm³/mol. The van der Waals surface area contributed by atoms with Crippen molar-refractivity contribution in [1.29, 1.82) is 0 Å². The van der Waals surface area contributed by atoms with Crippen molar-refractivity contribution in [3.8, 4) is 28.7 Å². The van der Waals surface area contributed by atoms with Gasteiger partial charge < -0.3 is 25.0 Å². The van der Waals surface area contributed by atoms with Gasteiger partial charge in [-0.3, -0.25) is 0 Å². The summed E-state index contributed by atoms with van der Waals surface area (Å²) >= 11 is 0. The zero-order valence-electron chi connectivity index (χ0n) is 19.1. The molecule has 0 aliphatic rings. The predicted octanol–water partition coefficient (Wildman–Crippen LogP) is 7.30. The summed E-state index contributed by atoms with van der Waals surface area (Å²) in [5, 5.41) is 31.2. The first-order valence-electron chi connectivity index (χ1n) is 10.7. The number of phenolic OH excluding ortho intramolecular Hbond substituents is 3. The van der Waals surface area contributed by atoms with Crippen molar-refractivity contribution in [2.45, 2.75) is 27.7 Å². The number of aryl methyl sites for hydroxylation is 2. The molecule has 4 aromatic rings. The first-order valence-corrected chi connectivity index (χ1v) is 10.7. The quantitative estimate of drug-likeness (QED) is 0.303. The molecule has 0 aliphatic heterocycles. The Morgan fingerprint density at radius 1 is 0.576 bits per heavy atom.